The molecule has 2 rings (SSSR count). The molecule has 0 unspecified atom stereocenters. The summed E-state index contributed by atoms with van der Waals surface area (Å²) in [6, 6.07) is 5.13. The highest BCUT2D eigenvalue weighted by Gasteiger charge is 2.30. The zero-order valence-corrected chi connectivity index (χ0v) is 10.6. The van der Waals surface area contributed by atoms with Crippen LogP contribution in [0.1, 0.15) is 12.8 Å². The Morgan fingerprint density at radius 1 is 1.37 bits per heavy atom. The molecule has 0 saturated heterocycles. The number of anilines is 1. The van der Waals surface area contributed by atoms with E-state index in [1.54, 1.807) is 6.07 Å². The molecule has 1 aromatic rings. The maximum atomic E-state index is 13.4. The van der Waals surface area contributed by atoms with Crippen LogP contribution < -0.4 is 5.32 Å². The lowest BCUT2D eigenvalue weighted by Crippen LogP contribution is -2.15. The Hall–Kier alpha value is -2.00. The van der Waals surface area contributed by atoms with Gasteiger partial charge in [0.2, 0.25) is 0 Å². The Morgan fingerprint density at radius 3 is 2.42 bits per heavy atom. The van der Waals surface area contributed by atoms with Gasteiger partial charge in [0.05, 0.1) is 0 Å². The Kier molecular flexibility index (Phi) is 3.76. The average Bonchev–Trinajstić information content (AvgIpc) is 3.19. The van der Waals surface area contributed by atoms with E-state index in [9.17, 15) is 13.9 Å². The Bertz CT molecular complexity index is 583. The van der Waals surface area contributed by atoms with Gasteiger partial charge in [-0.25, -0.2) is 8.78 Å². The molecule has 0 amide bonds. The number of nitrogens with zero attached hydrogens (tertiary/aromatic N) is 1. The van der Waals surface area contributed by atoms with E-state index in [1.165, 1.54) is 6.07 Å². The summed E-state index contributed by atoms with van der Waals surface area (Å²) in [5, 5.41) is 21.1. The number of nitriles is 1. The number of aliphatic hydroxyl groups excluding tert-OH is 1. The summed E-state index contributed by atoms with van der Waals surface area (Å²) < 4.78 is 26.9. The van der Waals surface area contributed by atoms with Crippen molar-refractivity contribution in [3.63, 3.8) is 0 Å². The van der Waals surface area contributed by atoms with Crippen LogP contribution in [0.25, 0.3) is 0 Å². The molecule has 3 nitrogen and oxygen atoms in total. The lowest BCUT2D eigenvalue weighted by atomic mass is 10.2. The molecule has 0 spiro atoms. The van der Waals surface area contributed by atoms with Crippen molar-refractivity contribution in [3.8, 4) is 6.07 Å². The molecule has 0 bridgehead atoms. The van der Waals surface area contributed by atoms with Crippen LogP contribution in [0.5, 0.6) is 0 Å². The van der Waals surface area contributed by atoms with E-state index in [1.807, 2.05) is 0 Å². The van der Waals surface area contributed by atoms with E-state index in [2.05, 4.69) is 5.32 Å². The molecule has 19 heavy (non-hydrogen) atoms. The largest absolute Gasteiger partial charge is 0.511 e. The van der Waals surface area contributed by atoms with Gasteiger partial charge in [-0.3, -0.25) is 0 Å². The number of hydrogen-bond acceptors (Lipinski definition) is 3. The van der Waals surface area contributed by atoms with Crippen LogP contribution in [-0.4, -0.2) is 10.1 Å². The number of hydrogen-bond donors (Lipinski definition) is 2. The van der Waals surface area contributed by atoms with E-state index in [0.29, 0.717) is 0 Å². The fraction of sp³-hybridized carbons (Fsp3) is 0.231. The lowest BCUT2D eigenvalue weighted by Gasteiger charge is -2.10. The number of aliphatic hydroxyl groups is 1. The second-order valence-electron chi connectivity index (χ2n) is 4.20. The quantitative estimate of drug-likeness (QED) is 0.385. The Balaban J connectivity index is 2.26. The molecule has 0 heterocycles. The van der Waals surface area contributed by atoms with Crippen molar-refractivity contribution in [3.05, 3.63) is 41.2 Å². The highest BCUT2D eigenvalue weighted by atomic mass is 32.1. The minimum atomic E-state index is -0.814. The fourth-order valence-corrected chi connectivity index (χ4v) is 1.83. The molecule has 0 radical (unpaired) electrons. The first-order valence-electron chi connectivity index (χ1n) is 5.63. The summed E-state index contributed by atoms with van der Waals surface area (Å²) in [5.41, 5.74) is -0.566. The third-order valence-corrected chi connectivity index (χ3v) is 3.07. The molecule has 0 atom stereocenters. The molecule has 98 valence electrons. The van der Waals surface area contributed by atoms with Crippen LogP contribution in [0.2, 0.25) is 0 Å². The standard InChI is InChI=1S/C13H10F2N2OS/c14-9-2-1-3-10(15)11(9)17-13(19)8(6-16)12(18)7-4-5-7/h1-3,7,18H,4-5H2,(H,17,19)/b12-8-. The van der Waals surface area contributed by atoms with E-state index >= 15 is 0 Å². The van der Waals surface area contributed by atoms with E-state index in [-0.39, 0.29) is 22.2 Å². The topological polar surface area (TPSA) is 56.0 Å². The number of rotatable bonds is 3. The normalized spacial score (nSPS) is 15.4. The van der Waals surface area contributed by atoms with E-state index in [4.69, 9.17) is 17.5 Å². The summed E-state index contributed by atoms with van der Waals surface area (Å²) in [7, 11) is 0. The summed E-state index contributed by atoms with van der Waals surface area (Å²) in [6.45, 7) is 0. The van der Waals surface area contributed by atoms with Gasteiger partial charge in [-0.15, -0.1) is 0 Å². The average molecular weight is 280 g/mol. The van der Waals surface area contributed by atoms with E-state index < -0.39 is 17.3 Å². The first kappa shape index (κ1) is 13.4. The third kappa shape index (κ3) is 2.88. The van der Waals surface area contributed by atoms with Crippen molar-refractivity contribution in [1.82, 2.24) is 0 Å². The van der Waals surface area contributed by atoms with Gasteiger partial charge in [0.15, 0.2) is 0 Å². The molecular formula is C13H10F2N2OS. The Labute approximate surface area is 114 Å². The molecule has 1 saturated carbocycles. The number of halogens is 2. The maximum Gasteiger partial charge on any atom is 0.149 e. The maximum absolute atomic E-state index is 13.4. The van der Waals surface area contributed by atoms with E-state index in [0.717, 1.165) is 25.0 Å². The fourth-order valence-electron chi connectivity index (χ4n) is 1.58. The molecule has 2 N–H and O–H groups in total. The summed E-state index contributed by atoms with van der Waals surface area (Å²) in [5.74, 6) is -1.81. The number of nitrogens with one attached hydrogen (secondary N) is 1. The molecule has 1 aliphatic rings. The van der Waals surface area contributed by atoms with Crippen LogP contribution in [0.3, 0.4) is 0 Å². The first-order chi connectivity index (χ1) is 9.04. The lowest BCUT2D eigenvalue weighted by molar-refractivity contribution is 0.377. The SMILES string of the molecule is N#C/C(C(=S)Nc1c(F)cccc1F)=C(/O)C1CC1. The van der Waals surface area contributed by atoms with Crippen LogP contribution >= 0.6 is 12.2 Å². The van der Waals surface area contributed by atoms with Crippen molar-refractivity contribution in [1.29, 1.82) is 5.26 Å². The number of para-hydroxylation sites is 1. The molecule has 1 aliphatic carbocycles. The van der Waals surface area contributed by atoms with Gasteiger partial charge < -0.3 is 10.4 Å². The van der Waals surface area contributed by atoms with Gasteiger partial charge in [0, 0.05) is 5.92 Å². The highest BCUT2D eigenvalue weighted by Crippen LogP contribution is 2.36. The van der Waals surface area contributed by atoms with Crippen LogP contribution in [0.15, 0.2) is 29.5 Å². The number of benzene rings is 1. The first-order valence-corrected chi connectivity index (χ1v) is 6.04. The predicted molar refractivity (Wildman–Crippen MR) is 70.6 cm³/mol. The predicted octanol–water partition coefficient (Wildman–Crippen LogP) is 3.45. The van der Waals surface area contributed by atoms with Crippen LogP contribution in [-0.2, 0) is 0 Å². The number of allylic oxidation sites excluding steroid dienone is 1. The molecule has 0 aromatic heterocycles. The second kappa shape index (κ2) is 5.33. The van der Waals surface area contributed by atoms with Gasteiger partial charge in [0.1, 0.15) is 39.7 Å². The van der Waals surface area contributed by atoms with Gasteiger partial charge in [-0.2, -0.15) is 5.26 Å². The highest BCUT2D eigenvalue weighted by molar-refractivity contribution is 7.81. The molecule has 0 aliphatic heterocycles. The smallest absolute Gasteiger partial charge is 0.149 e. The van der Waals surface area contributed by atoms with Crippen molar-refractivity contribution in [2.24, 2.45) is 5.92 Å². The van der Waals surface area contributed by atoms with Crippen LogP contribution in [0.4, 0.5) is 14.5 Å². The molecular weight excluding hydrogens is 270 g/mol. The van der Waals surface area contributed by atoms with Gasteiger partial charge in [0.25, 0.3) is 0 Å². The minimum absolute atomic E-state index is 0.0696. The van der Waals surface area contributed by atoms with Gasteiger partial charge in [-0.05, 0) is 25.0 Å². The zero-order valence-electron chi connectivity index (χ0n) is 9.78. The Morgan fingerprint density at radius 2 is 1.95 bits per heavy atom. The third-order valence-electron chi connectivity index (χ3n) is 2.76. The zero-order chi connectivity index (χ0) is 14.0. The van der Waals surface area contributed by atoms with Crippen molar-refractivity contribution >= 4 is 22.9 Å². The number of thiocarbonyl (C=S) groups is 1. The van der Waals surface area contributed by atoms with Crippen LogP contribution in [0, 0.1) is 28.9 Å². The van der Waals surface area contributed by atoms with Gasteiger partial charge >= 0.3 is 0 Å². The summed E-state index contributed by atoms with van der Waals surface area (Å²) in [6.07, 6.45) is 1.57. The molecule has 6 heteroatoms. The van der Waals surface area contributed by atoms with Gasteiger partial charge in [-0.1, -0.05) is 18.3 Å². The van der Waals surface area contributed by atoms with Crippen molar-refractivity contribution in [2.75, 3.05) is 5.32 Å². The summed E-state index contributed by atoms with van der Waals surface area (Å²) >= 11 is 4.91. The monoisotopic (exact) mass is 280 g/mol. The molecule has 1 fully saturated rings. The minimum Gasteiger partial charge on any atom is -0.511 e. The van der Waals surface area contributed by atoms with Crippen molar-refractivity contribution in [2.45, 2.75) is 12.8 Å². The second-order valence-corrected chi connectivity index (χ2v) is 4.61. The summed E-state index contributed by atoms with van der Waals surface area (Å²) in [4.78, 5) is -0.184. The molecule has 1 aromatic carbocycles. The van der Waals surface area contributed by atoms with Crippen molar-refractivity contribution < 1.29 is 13.9 Å².